The number of amides is 2. The molecule has 5 nitrogen and oxygen atoms in total. The van der Waals surface area contributed by atoms with E-state index >= 15 is 0 Å². The molecule has 1 saturated heterocycles. The average Bonchev–Trinajstić information content (AvgIpc) is 2.94. The quantitative estimate of drug-likeness (QED) is 0.754. The number of rotatable bonds is 4. The molecule has 0 bridgehead atoms. The first kappa shape index (κ1) is 16.8. The van der Waals surface area contributed by atoms with Crippen molar-refractivity contribution < 1.29 is 9.59 Å². The maximum absolute atomic E-state index is 12.6. The number of carbonyl (C=O) groups is 2. The van der Waals surface area contributed by atoms with Gasteiger partial charge in [-0.25, -0.2) is 0 Å². The smallest absolute Gasteiger partial charge is 0.246 e. The predicted molar refractivity (Wildman–Crippen MR) is 97.6 cm³/mol. The summed E-state index contributed by atoms with van der Waals surface area (Å²) in [6, 6.07) is 8.08. The molecular weight excluding hydrogens is 370 g/mol. The molecular formula is C18H20BrN3O2. The normalized spacial score (nSPS) is 19.9. The molecule has 1 aromatic heterocycles. The number of likely N-dealkylation sites (tertiary alicyclic amines) is 1. The highest BCUT2D eigenvalue weighted by Gasteiger charge is 2.41. The number of benzene rings is 1. The lowest BCUT2D eigenvalue weighted by molar-refractivity contribution is -0.148. The van der Waals surface area contributed by atoms with Crippen LogP contribution in [0.25, 0.3) is 10.9 Å². The van der Waals surface area contributed by atoms with Crippen LogP contribution in [0.4, 0.5) is 0 Å². The van der Waals surface area contributed by atoms with Gasteiger partial charge in [-0.1, -0.05) is 22.5 Å². The van der Waals surface area contributed by atoms with Crippen LogP contribution >= 0.6 is 15.9 Å². The van der Waals surface area contributed by atoms with Gasteiger partial charge in [0.25, 0.3) is 0 Å². The van der Waals surface area contributed by atoms with Gasteiger partial charge in [-0.05, 0) is 37.3 Å². The number of carbonyl (C=O) groups excluding carboxylic acids is 2. The molecule has 24 heavy (non-hydrogen) atoms. The number of aromatic nitrogens is 1. The zero-order valence-corrected chi connectivity index (χ0v) is 15.4. The van der Waals surface area contributed by atoms with Crippen LogP contribution in [0.3, 0.4) is 0 Å². The molecule has 126 valence electrons. The third kappa shape index (κ3) is 2.86. The SMILES string of the molecule is C=CC(=O)N1C[C@H](N(C)C(=O)Cn2ccc3cc(Br)ccc32)[C@@H]1C. The Labute approximate surface area is 149 Å². The highest BCUT2D eigenvalue weighted by molar-refractivity contribution is 9.10. The van der Waals surface area contributed by atoms with Crippen molar-refractivity contribution in [1.82, 2.24) is 14.4 Å². The van der Waals surface area contributed by atoms with Crippen molar-refractivity contribution >= 4 is 38.6 Å². The molecule has 6 heteroatoms. The van der Waals surface area contributed by atoms with E-state index in [4.69, 9.17) is 0 Å². The van der Waals surface area contributed by atoms with Crippen molar-refractivity contribution in [3.05, 3.63) is 47.6 Å². The van der Waals surface area contributed by atoms with E-state index in [-0.39, 0.29) is 23.9 Å². The van der Waals surface area contributed by atoms with Crippen molar-refractivity contribution in [3.8, 4) is 0 Å². The summed E-state index contributed by atoms with van der Waals surface area (Å²) in [6.07, 6.45) is 3.25. The number of halogens is 1. The van der Waals surface area contributed by atoms with Gasteiger partial charge in [0.1, 0.15) is 6.54 Å². The number of fused-ring (bicyclic) bond motifs is 1. The van der Waals surface area contributed by atoms with E-state index in [1.54, 1.807) is 9.80 Å². The van der Waals surface area contributed by atoms with E-state index < -0.39 is 0 Å². The fourth-order valence-corrected chi connectivity index (χ4v) is 3.57. The maximum Gasteiger partial charge on any atom is 0.246 e. The fraction of sp³-hybridized carbons (Fsp3) is 0.333. The summed E-state index contributed by atoms with van der Waals surface area (Å²) in [5.41, 5.74) is 1.03. The van der Waals surface area contributed by atoms with Crippen LogP contribution in [0.2, 0.25) is 0 Å². The minimum atomic E-state index is -0.0819. The first-order valence-corrected chi connectivity index (χ1v) is 8.64. The molecule has 2 heterocycles. The molecule has 0 spiro atoms. The van der Waals surface area contributed by atoms with E-state index in [2.05, 4.69) is 22.5 Å². The van der Waals surface area contributed by atoms with Gasteiger partial charge in [0.05, 0.1) is 12.1 Å². The monoisotopic (exact) mass is 389 g/mol. The molecule has 1 fully saturated rings. The Hall–Kier alpha value is -2.08. The topological polar surface area (TPSA) is 45.6 Å². The van der Waals surface area contributed by atoms with Crippen molar-refractivity contribution in [2.24, 2.45) is 0 Å². The lowest BCUT2D eigenvalue weighted by Gasteiger charge is -2.49. The molecule has 0 radical (unpaired) electrons. The molecule has 2 atom stereocenters. The van der Waals surface area contributed by atoms with E-state index in [0.717, 1.165) is 15.4 Å². The second-order valence-electron chi connectivity index (χ2n) is 6.15. The standard InChI is InChI=1S/C18H20BrN3O2/c1-4-17(23)22-10-16(12(22)2)20(3)18(24)11-21-8-7-13-9-14(19)5-6-15(13)21/h4-9,12,16H,1,10-11H2,2-3H3/t12-,16-/m0/s1. The van der Waals surface area contributed by atoms with Gasteiger partial charge in [0.15, 0.2) is 0 Å². The van der Waals surface area contributed by atoms with Gasteiger partial charge in [-0.2, -0.15) is 0 Å². The zero-order valence-electron chi connectivity index (χ0n) is 13.8. The maximum atomic E-state index is 12.6. The zero-order chi connectivity index (χ0) is 17.4. The Kier molecular flexibility index (Phi) is 4.49. The number of hydrogen-bond acceptors (Lipinski definition) is 2. The fourth-order valence-electron chi connectivity index (χ4n) is 3.20. The molecule has 2 amide bonds. The van der Waals surface area contributed by atoms with Crippen LogP contribution in [0.1, 0.15) is 6.92 Å². The van der Waals surface area contributed by atoms with E-state index in [1.165, 1.54) is 6.08 Å². The Balaban J connectivity index is 1.68. The van der Waals surface area contributed by atoms with Gasteiger partial charge in [0.2, 0.25) is 11.8 Å². The van der Waals surface area contributed by atoms with Crippen LogP contribution in [-0.4, -0.2) is 51.9 Å². The molecule has 0 N–H and O–H groups in total. The lowest BCUT2D eigenvalue weighted by atomic mass is 9.96. The number of nitrogens with zero attached hydrogens (tertiary/aromatic N) is 3. The highest BCUT2D eigenvalue weighted by atomic mass is 79.9. The molecule has 1 aromatic carbocycles. The van der Waals surface area contributed by atoms with Gasteiger partial charge >= 0.3 is 0 Å². The Morgan fingerprint density at radius 3 is 2.83 bits per heavy atom. The van der Waals surface area contributed by atoms with Crippen molar-refractivity contribution in [2.45, 2.75) is 25.6 Å². The van der Waals surface area contributed by atoms with Gasteiger partial charge in [-0.15, -0.1) is 0 Å². The van der Waals surface area contributed by atoms with Crippen molar-refractivity contribution in [3.63, 3.8) is 0 Å². The summed E-state index contributed by atoms with van der Waals surface area (Å²) in [5, 5.41) is 1.10. The average molecular weight is 390 g/mol. The summed E-state index contributed by atoms with van der Waals surface area (Å²) in [6.45, 7) is 6.32. The summed E-state index contributed by atoms with van der Waals surface area (Å²) in [7, 11) is 1.81. The molecule has 0 saturated carbocycles. The van der Waals surface area contributed by atoms with Crippen LogP contribution in [-0.2, 0) is 16.1 Å². The lowest BCUT2D eigenvalue weighted by Crippen LogP contribution is -2.67. The molecule has 0 aliphatic carbocycles. The van der Waals surface area contributed by atoms with Gasteiger partial charge < -0.3 is 14.4 Å². The van der Waals surface area contributed by atoms with Crippen LogP contribution < -0.4 is 0 Å². The van der Waals surface area contributed by atoms with Crippen LogP contribution in [0.15, 0.2) is 47.6 Å². The van der Waals surface area contributed by atoms with E-state index in [1.807, 2.05) is 49.0 Å². The van der Waals surface area contributed by atoms with Crippen LogP contribution in [0, 0.1) is 0 Å². The Morgan fingerprint density at radius 1 is 1.42 bits per heavy atom. The number of likely N-dealkylation sites (N-methyl/N-ethyl adjacent to an activating group) is 1. The van der Waals surface area contributed by atoms with Crippen molar-refractivity contribution in [1.29, 1.82) is 0 Å². The van der Waals surface area contributed by atoms with Crippen molar-refractivity contribution in [2.75, 3.05) is 13.6 Å². The first-order chi connectivity index (χ1) is 11.4. The first-order valence-electron chi connectivity index (χ1n) is 7.85. The van der Waals surface area contributed by atoms with Crippen LogP contribution in [0.5, 0.6) is 0 Å². The highest BCUT2D eigenvalue weighted by Crippen LogP contribution is 2.24. The summed E-state index contributed by atoms with van der Waals surface area (Å²) in [4.78, 5) is 27.8. The number of hydrogen-bond donors (Lipinski definition) is 0. The van der Waals surface area contributed by atoms with Gasteiger partial charge in [0, 0.05) is 35.2 Å². The summed E-state index contributed by atoms with van der Waals surface area (Å²) in [5.74, 6) is -0.0421. The van der Waals surface area contributed by atoms with E-state index in [9.17, 15) is 9.59 Å². The second-order valence-corrected chi connectivity index (χ2v) is 7.07. The second kappa shape index (κ2) is 6.43. The third-order valence-electron chi connectivity index (χ3n) is 4.82. The molecule has 2 aromatic rings. The Bertz CT molecular complexity index is 814. The predicted octanol–water partition coefficient (Wildman–Crippen LogP) is 2.65. The van der Waals surface area contributed by atoms with Gasteiger partial charge in [-0.3, -0.25) is 9.59 Å². The molecule has 1 aliphatic heterocycles. The van der Waals surface area contributed by atoms with E-state index in [0.29, 0.717) is 13.1 Å². The summed E-state index contributed by atoms with van der Waals surface area (Å²) < 4.78 is 2.97. The Morgan fingerprint density at radius 2 is 2.17 bits per heavy atom. The largest absolute Gasteiger partial charge is 0.338 e. The third-order valence-corrected chi connectivity index (χ3v) is 5.31. The summed E-state index contributed by atoms with van der Waals surface area (Å²) >= 11 is 3.46. The minimum Gasteiger partial charge on any atom is -0.338 e. The molecule has 3 rings (SSSR count). The minimum absolute atomic E-state index is 0.0156. The molecule has 0 unspecified atom stereocenters. The molecule has 1 aliphatic rings.